The summed E-state index contributed by atoms with van der Waals surface area (Å²) in [6, 6.07) is 0.411. The van der Waals surface area contributed by atoms with Gasteiger partial charge in [0.05, 0.1) is 6.54 Å². The van der Waals surface area contributed by atoms with Crippen LogP contribution >= 0.6 is 0 Å². The highest BCUT2D eigenvalue weighted by Crippen LogP contribution is 2.18. The predicted octanol–water partition coefficient (Wildman–Crippen LogP) is 0.699. The molecular weight excluding hydrogens is 183 g/mol. The maximum atomic E-state index is 13.0. The number of alkyl halides is 1. The van der Waals surface area contributed by atoms with Crippen molar-refractivity contribution in [2.75, 3.05) is 19.6 Å². The molecule has 1 saturated heterocycles. The zero-order valence-electron chi connectivity index (χ0n) is 8.34. The molecule has 1 amide bonds. The summed E-state index contributed by atoms with van der Waals surface area (Å²) in [5.41, 5.74) is 0. The van der Waals surface area contributed by atoms with E-state index in [0.29, 0.717) is 25.6 Å². The molecule has 0 aromatic heterocycles. The van der Waals surface area contributed by atoms with E-state index >= 15 is 0 Å². The standard InChI is InChI=1S/C10H17FN2O/c11-8-2-1-5-13(6-8)7-10(14)12-9-3-4-9/h8-9H,1-7H2,(H,12,14). The van der Waals surface area contributed by atoms with Gasteiger partial charge in [-0.3, -0.25) is 9.69 Å². The zero-order chi connectivity index (χ0) is 9.97. The van der Waals surface area contributed by atoms with Gasteiger partial charge in [0.1, 0.15) is 6.17 Å². The maximum Gasteiger partial charge on any atom is 0.234 e. The van der Waals surface area contributed by atoms with Gasteiger partial charge in [0.15, 0.2) is 0 Å². The van der Waals surface area contributed by atoms with E-state index in [4.69, 9.17) is 0 Å². The molecule has 3 nitrogen and oxygen atoms in total. The Bertz CT molecular complexity index is 218. The highest BCUT2D eigenvalue weighted by Gasteiger charge is 2.25. The number of rotatable bonds is 3. The second-order valence-electron chi connectivity index (χ2n) is 4.32. The Balaban J connectivity index is 1.69. The van der Waals surface area contributed by atoms with Crippen LogP contribution in [0, 0.1) is 0 Å². The Morgan fingerprint density at radius 1 is 1.43 bits per heavy atom. The summed E-state index contributed by atoms with van der Waals surface area (Å²) in [6.45, 7) is 1.66. The number of carbonyl (C=O) groups excluding carboxylic acids is 1. The van der Waals surface area contributed by atoms with Crippen LogP contribution in [-0.4, -0.2) is 42.7 Å². The molecule has 1 aliphatic carbocycles. The Kier molecular flexibility index (Phi) is 3.01. The molecule has 1 atom stereocenters. The van der Waals surface area contributed by atoms with Crippen LogP contribution in [0.5, 0.6) is 0 Å². The summed E-state index contributed by atoms with van der Waals surface area (Å²) in [7, 11) is 0. The van der Waals surface area contributed by atoms with Gasteiger partial charge in [-0.1, -0.05) is 0 Å². The Labute approximate surface area is 83.6 Å². The van der Waals surface area contributed by atoms with Gasteiger partial charge in [0, 0.05) is 12.6 Å². The first kappa shape index (κ1) is 9.90. The maximum absolute atomic E-state index is 13.0. The highest BCUT2D eigenvalue weighted by atomic mass is 19.1. The van der Waals surface area contributed by atoms with E-state index in [0.717, 1.165) is 25.8 Å². The number of piperidine rings is 1. The van der Waals surface area contributed by atoms with Crippen molar-refractivity contribution < 1.29 is 9.18 Å². The second kappa shape index (κ2) is 4.26. The molecule has 14 heavy (non-hydrogen) atoms. The van der Waals surface area contributed by atoms with Crippen LogP contribution in [0.15, 0.2) is 0 Å². The largest absolute Gasteiger partial charge is 0.352 e. The SMILES string of the molecule is O=C(CN1CCCC(F)C1)NC1CC1. The van der Waals surface area contributed by atoms with Gasteiger partial charge in [-0.05, 0) is 32.2 Å². The molecule has 80 valence electrons. The molecule has 0 aromatic rings. The first-order valence-electron chi connectivity index (χ1n) is 5.40. The third kappa shape index (κ3) is 2.94. The van der Waals surface area contributed by atoms with Crippen molar-refractivity contribution >= 4 is 5.91 Å². The van der Waals surface area contributed by atoms with Gasteiger partial charge in [0.2, 0.25) is 5.91 Å². The lowest BCUT2D eigenvalue weighted by molar-refractivity contribution is -0.122. The van der Waals surface area contributed by atoms with E-state index in [9.17, 15) is 9.18 Å². The van der Waals surface area contributed by atoms with E-state index in [1.165, 1.54) is 0 Å². The lowest BCUT2D eigenvalue weighted by Gasteiger charge is -2.28. The Morgan fingerprint density at radius 3 is 2.86 bits per heavy atom. The molecule has 4 heteroatoms. The molecule has 2 aliphatic rings. The number of carbonyl (C=O) groups is 1. The fourth-order valence-corrected chi connectivity index (χ4v) is 1.85. The monoisotopic (exact) mass is 200 g/mol. The molecule has 1 heterocycles. The molecule has 1 unspecified atom stereocenters. The van der Waals surface area contributed by atoms with Gasteiger partial charge in [-0.15, -0.1) is 0 Å². The minimum absolute atomic E-state index is 0.0570. The summed E-state index contributed by atoms with van der Waals surface area (Å²) in [5.74, 6) is 0.0570. The van der Waals surface area contributed by atoms with Gasteiger partial charge >= 0.3 is 0 Å². The molecular formula is C10H17FN2O. The van der Waals surface area contributed by atoms with E-state index in [2.05, 4.69) is 5.32 Å². The number of nitrogens with one attached hydrogen (secondary N) is 1. The molecule has 1 saturated carbocycles. The van der Waals surface area contributed by atoms with E-state index < -0.39 is 6.17 Å². The van der Waals surface area contributed by atoms with Crippen LogP contribution in [0.3, 0.4) is 0 Å². The van der Waals surface area contributed by atoms with Crippen molar-refractivity contribution in [3.05, 3.63) is 0 Å². The van der Waals surface area contributed by atoms with Crippen LogP contribution < -0.4 is 5.32 Å². The number of halogens is 1. The normalized spacial score (nSPS) is 28.8. The number of hydrogen-bond acceptors (Lipinski definition) is 2. The van der Waals surface area contributed by atoms with Crippen LogP contribution in [0.1, 0.15) is 25.7 Å². The van der Waals surface area contributed by atoms with E-state index in [-0.39, 0.29) is 5.91 Å². The third-order valence-corrected chi connectivity index (χ3v) is 2.76. The Morgan fingerprint density at radius 2 is 2.21 bits per heavy atom. The summed E-state index contributed by atoms with van der Waals surface area (Å²) in [4.78, 5) is 13.3. The molecule has 0 bridgehead atoms. The molecule has 2 rings (SSSR count). The molecule has 0 radical (unpaired) electrons. The average Bonchev–Trinajstić information content (AvgIpc) is 2.87. The minimum Gasteiger partial charge on any atom is -0.352 e. The molecule has 1 N–H and O–H groups in total. The number of likely N-dealkylation sites (tertiary alicyclic amines) is 1. The topological polar surface area (TPSA) is 32.3 Å². The van der Waals surface area contributed by atoms with Crippen LogP contribution in [0.25, 0.3) is 0 Å². The first-order chi connectivity index (χ1) is 6.74. The van der Waals surface area contributed by atoms with Crippen LogP contribution in [-0.2, 0) is 4.79 Å². The fourth-order valence-electron chi connectivity index (χ4n) is 1.85. The van der Waals surface area contributed by atoms with E-state index in [1.54, 1.807) is 0 Å². The molecule has 1 aliphatic heterocycles. The molecule has 2 fully saturated rings. The fraction of sp³-hybridized carbons (Fsp3) is 0.900. The minimum atomic E-state index is -0.738. The van der Waals surface area contributed by atoms with Crippen molar-refractivity contribution in [3.8, 4) is 0 Å². The average molecular weight is 200 g/mol. The lowest BCUT2D eigenvalue weighted by atomic mass is 10.1. The second-order valence-corrected chi connectivity index (χ2v) is 4.32. The number of hydrogen-bond donors (Lipinski definition) is 1. The van der Waals surface area contributed by atoms with E-state index in [1.807, 2.05) is 4.90 Å². The third-order valence-electron chi connectivity index (χ3n) is 2.76. The quantitative estimate of drug-likeness (QED) is 0.727. The van der Waals surface area contributed by atoms with Crippen molar-refractivity contribution in [1.82, 2.24) is 10.2 Å². The van der Waals surface area contributed by atoms with Crippen molar-refractivity contribution in [1.29, 1.82) is 0 Å². The number of nitrogens with zero attached hydrogens (tertiary/aromatic N) is 1. The Hall–Kier alpha value is -0.640. The highest BCUT2D eigenvalue weighted by molar-refractivity contribution is 5.78. The van der Waals surface area contributed by atoms with Gasteiger partial charge in [0.25, 0.3) is 0 Å². The van der Waals surface area contributed by atoms with Crippen LogP contribution in [0.2, 0.25) is 0 Å². The lowest BCUT2D eigenvalue weighted by Crippen LogP contribution is -2.43. The summed E-state index contributed by atoms with van der Waals surface area (Å²) in [5, 5.41) is 2.91. The molecule has 0 aromatic carbocycles. The van der Waals surface area contributed by atoms with Gasteiger partial charge in [-0.25, -0.2) is 4.39 Å². The predicted molar refractivity (Wildman–Crippen MR) is 51.7 cm³/mol. The summed E-state index contributed by atoms with van der Waals surface area (Å²) >= 11 is 0. The van der Waals surface area contributed by atoms with Gasteiger partial charge < -0.3 is 5.32 Å². The summed E-state index contributed by atoms with van der Waals surface area (Å²) in [6.07, 6.45) is 3.01. The smallest absolute Gasteiger partial charge is 0.234 e. The van der Waals surface area contributed by atoms with Crippen molar-refractivity contribution in [3.63, 3.8) is 0 Å². The zero-order valence-corrected chi connectivity index (χ0v) is 8.34. The molecule has 0 spiro atoms. The number of amides is 1. The summed E-state index contributed by atoms with van der Waals surface area (Å²) < 4.78 is 13.0. The van der Waals surface area contributed by atoms with Crippen molar-refractivity contribution in [2.24, 2.45) is 0 Å². The van der Waals surface area contributed by atoms with Gasteiger partial charge in [-0.2, -0.15) is 0 Å². The first-order valence-corrected chi connectivity index (χ1v) is 5.40. The van der Waals surface area contributed by atoms with Crippen LogP contribution in [0.4, 0.5) is 4.39 Å². The van der Waals surface area contributed by atoms with Crippen molar-refractivity contribution in [2.45, 2.75) is 37.9 Å².